The van der Waals surface area contributed by atoms with Crippen LogP contribution in [0.3, 0.4) is 0 Å². The molecule has 1 aromatic carbocycles. The molecule has 0 spiro atoms. The number of pyridine rings is 1. The molecule has 0 fully saturated rings. The van der Waals surface area contributed by atoms with Crippen molar-refractivity contribution in [1.82, 2.24) is 9.88 Å². The van der Waals surface area contributed by atoms with Crippen molar-refractivity contribution in [3.05, 3.63) is 85.4 Å². The highest BCUT2D eigenvalue weighted by molar-refractivity contribution is 7.16. The van der Waals surface area contributed by atoms with E-state index in [2.05, 4.69) is 10.6 Å². The molecule has 3 rings (SSSR count). The van der Waals surface area contributed by atoms with Gasteiger partial charge in [0, 0.05) is 11.1 Å². The maximum absolute atomic E-state index is 12.7. The minimum atomic E-state index is -1.04. The Bertz CT molecular complexity index is 1110. The lowest BCUT2D eigenvalue weighted by Gasteiger charge is -2.18. The van der Waals surface area contributed by atoms with Crippen LogP contribution in [0.4, 0.5) is 10.5 Å². The van der Waals surface area contributed by atoms with Gasteiger partial charge in [-0.05, 0) is 36.8 Å². The van der Waals surface area contributed by atoms with E-state index in [-0.39, 0.29) is 17.7 Å². The van der Waals surface area contributed by atoms with Crippen molar-refractivity contribution in [3.63, 3.8) is 0 Å². The van der Waals surface area contributed by atoms with E-state index in [9.17, 15) is 19.5 Å². The van der Waals surface area contributed by atoms with E-state index in [1.54, 1.807) is 30.5 Å². The van der Waals surface area contributed by atoms with Crippen LogP contribution >= 0.6 is 22.9 Å². The fourth-order valence-electron chi connectivity index (χ4n) is 2.90. The second-order valence-corrected chi connectivity index (χ2v) is 8.52. The summed E-state index contributed by atoms with van der Waals surface area (Å²) >= 11 is 7.31. The van der Waals surface area contributed by atoms with Crippen LogP contribution < -0.4 is 16.2 Å². The van der Waals surface area contributed by atoms with Gasteiger partial charge in [-0.25, -0.2) is 4.79 Å². The van der Waals surface area contributed by atoms with Gasteiger partial charge in [-0.1, -0.05) is 41.4 Å². The van der Waals surface area contributed by atoms with Gasteiger partial charge in [-0.15, -0.1) is 11.3 Å². The second kappa shape index (κ2) is 9.60. The molecule has 9 heteroatoms. The number of halogens is 1. The van der Waals surface area contributed by atoms with E-state index in [1.807, 2.05) is 25.1 Å². The lowest BCUT2D eigenvalue weighted by molar-refractivity contribution is -0.137. The predicted octanol–water partition coefficient (Wildman–Crippen LogP) is 4.26. The number of carbonyl (C=O) groups is 2. The molecular weight excluding hydrogens is 426 g/mol. The molecule has 1 atom stereocenters. The topological polar surface area (TPSA) is 100 Å². The lowest BCUT2D eigenvalue weighted by Crippen LogP contribution is -2.36. The maximum atomic E-state index is 12.7. The molecule has 3 N–H and O–H groups in total. The van der Waals surface area contributed by atoms with Crippen molar-refractivity contribution in [2.24, 2.45) is 0 Å². The molecule has 3 aromatic rings. The number of nitrogens with zero attached hydrogens (tertiary/aromatic N) is 1. The van der Waals surface area contributed by atoms with Crippen molar-refractivity contribution in [2.75, 3.05) is 5.32 Å². The molecule has 0 bridgehead atoms. The summed E-state index contributed by atoms with van der Waals surface area (Å²) in [6.07, 6.45) is 1.34. The largest absolute Gasteiger partial charge is 0.481 e. The van der Waals surface area contributed by atoms with Crippen molar-refractivity contribution in [1.29, 1.82) is 0 Å². The van der Waals surface area contributed by atoms with Crippen LogP contribution in [0.25, 0.3) is 0 Å². The number of hydrogen-bond donors (Lipinski definition) is 3. The van der Waals surface area contributed by atoms with Gasteiger partial charge in [0.1, 0.15) is 5.69 Å². The summed E-state index contributed by atoms with van der Waals surface area (Å²) in [6.45, 7) is 2.25. The molecule has 30 heavy (non-hydrogen) atoms. The van der Waals surface area contributed by atoms with Crippen LogP contribution in [-0.2, 0) is 11.3 Å². The van der Waals surface area contributed by atoms with E-state index in [0.717, 1.165) is 10.4 Å². The zero-order valence-electron chi connectivity index (χ0n) is 16.1. The first-order valence-electron chi connectivity index (χ1n) is 9.11. The molecule has 2 aromatic heterocycles. The summed E-state index contributed by atoms with van der Waals surface area (Å²) in [5.74, 6) is -1.04. The number of hydrogen-bond acceptors (Lipinski definition) is 4. The molecule has 156 valence electrons. The number of nitrogens with one attached hydrogen (secondary N) is 2. The second-order valence-electron chi connectivity index (χ2n) is 6.72. The Hall–Kier alpha value is -3.10. The zero-order chi connectivity index (χ0) is 21.7. The molecule has 0 saturated carbocycles. The minimum absolute atomic E-state index is 0.0932. The Balaban J connectivity index is 1.74. The number of amides is 2. The van der Waals surface area contributed by atoms with Crippen LogP contribution in [0.15, 0.2) is 59.5 Å². The van der Waals surface area contributed by atoms with E-state index >= 15 is 0 Å². The summed E-state index contributed by atoms with van der Waals surface area (Å²) in [6, 6.07) is 12.6. The number of carbonyl (C=O) groups excluding carboxylic acids is 1. The number of anilines is 1. The highest BCUT2D eigenvalue weighted by Gasteiger charge is 2.19. The molecule has 7 nitrogen and oxygen atoms in total. The molecule has 0 aliphatic heterocycles. The third kappa shape index (κ3) is 5.71. The van der Waals surface area contributed by atoms with E-state index in [0.29, 0.717) is 16.4 Å². The first kappa shape index (κ1) is 21.6. The van der Waals surface area contributed by atoms with Gasteiger partial charge in [-0.3, -0.25) is 9.59 Å². The normalized spacial score (nSPS) is 11.7. The third-order valence-corrected chi connectivity index (χ3v) is 5.60. The average molecular weight is 446 g/mol. The molecule has 2 amide bonds. The van der Waals surface area contributed by atoms with E-state index in [4.69, 9.17) is 11.6 Å². The Labute approximate surface area is 181 Å². The molecule has 0 saturated heterocycles. The summed E-state index contributed by atoms with van der Waals surface area (Å²) in [5, 5.41) is 14.4. The number of thiophene rings is 1. The summed E-state index contributed by atoms with van der Waals surface area (Å²) < 4.78 is 2.10. The van der Waals surface area contributed by atoms with Crippen molar-refractivity contribution >= 4 is 40.6 Å². The predicted molar refractivity (Wildman–Crippen MR) is 117 cm³/mol. The fraction of sp³-hybridized carbons (Fsp3) is 0.190. The first-order chi connectivity index (χ1) is 14.3. The number of urea groups is 1. The number of carboxylic acids is 1. The number of rotatable bonds is 7. The molecule has 0 radical (unpaired) electrons. The highest BCUT2D eigenvalue weighted by Crippen LogP contribution is 2.22. The Morgan fingerprint density at radius 3 is 2.53 bits per heavy atom. The lowest BCUT2D eigenvalue weighted by atomic mass is 10.0. The van der Waals surface area contributed by atoms with Crippen molar-refractivity contribution in [2.45, 2.75) is 25.9 Å². The van der Waals surface area contributed by atoms with Crippen LogP contribution in [0.1, 0.15) is 28.5 Å². The summed E-state index contributed by atoms with van der Waals surface area (Å²) in [7, 11) is 0. The van der Waals surface area contributed by atoms with E-state index < -0.39 is 18.0 Å². The van der Waals surface area contributed by atoms with E-state index in [1.165, 1.54) is 22.0 Å². The van der Waals surface area contributed by atoms with Gasteiger partial charge in [0.2, 0.25) is 0 Å². The zero-order valence-corrected chi connectivity index (χ0v) is 17.7. The quantitative estimate of drug-likeness (QED) is 0.505. The van der Waals surface area contributed by atoms with Crippen LogP contribution in [0, 0.1) is 6.92 Å². The number of aliphatic carboxylic acids is 1. The average Bonchev–Trinajstić information content (AvgIpc) is 3.09. The number of aryl methyl sites for hydroxylation is 1. The SMILES string of the molecule is Cc1ccc([C@H](CC(=O)O)NC(=O)Nc2cccn(Cc3ccc(Cl)s3)c2=O)cc1. The van der Waals surface area contributed by atoms with Gasteiger partial charge in [0.05, 0.1) is 23.3 Å². The maximum Gasteiger partial charge on any atom is 0.319 e. The number of carboxylic acid groups (broad SMARTS) is 1. The van der Waals surface area contributed by atoms with Gasteiger partial charge in [0.15, 0.2) is 0 Å². The summed E-state index contributed by atoms with van der Waals surface area (Å²) in [4.78, 5) is 37.3. The minimum Gasteiger partial charge on any atom is -0.481 e. The van der Waals surface area contributed by atoms with Crippen molar-refractivity contribution in [3.8, 4) is 0 Å². The molecule has 2 heterocycles. The van der Waals surface area contributed by atoms with Crippen LogP contribution in [0.5, 0.6) is 0 Å². The van der Waals surface area contributed by atoms with Gasteiger partial charge in [0.25, 0.3) is 5.56 Å². The third-order valence-electron chi connectivity index (χ3n) is 4.39. The molecule has 0 aliphatic carbocycles. The number of benzene rings is 1. The molecule has 0 aliphatic rings. The van der Waals surface area contributed by atoms with Gasteiger partial charge >= 0.3 is 12.0 Å². The van der Waals surface area contributed by atoms with Crippen LogP contribution in [0.2, 0.25) is 4.34 Å². The standard InChI is InChI=1S/C21H20ClN3O4S/c1-13-4-6-14(7-5-13)17(11-19(26)27)24-21(29)23-16-3-2-10-25(20(16)28)12-15-8-9-18(22)30-15/h2-10,17H,11-12H2,1H3,(H,26,27)(H2,23,24,29)/t17-/m0/s1. The highest BCUT2D eigenvalue weighted by atomic mass is 35.5. The van der Waals surface area contributed by atoms with Crippen molar-refractivity contribution < 1.29 is 14.7 Å². The molecular formula is C21H20ClN3O4S. The smallest absolute Gasteiger partial charge is 0.319 e. The Kier molecular flexibility index (Phi) is 6.91. The Morgan fingerprint density at radius 1 is 1.17 bits per heavy atom. The molecule has 0 unspecified atom stereocenters. The fourth-order valence-corrected chi connectivity index (χ4v) is 3.99. The number of aromatic nitrogens is 1. The van der Waals surface area contributed by atoms with Gasteiger partial charge in [-0.2, -0.15) is 0 Å². The van der Waals surface area contributed by atoms with Gasteiger partial charge < -0.3 is 20.3 Å². The van der Waals surface area contributed by atoms with Crippen LogP contribution in [-0.4, -0.2) is 21.7 Å². The monoisotopic (exact) mass is 445 g/mol. The first-order valence-corrected chi connectivity index (χ1v) is 10.3. The summed E-state index contributed by atoms with van der Waals surface area (Å²) in [5.41, 5.74) is 1.41. The Morgan fingerprint density at radius 2 is 1.90 bits per heavy atom.